The van der Waals surface area contributed by atoms with Gasteiger partial charge in [-0.1, -0.05) is 93.0 Å². The van der Waals surface area contributed by atoms with E-state index in [0.717, 1.165) is 21.1 Å². The Morgan fingerprint density at radius 3 is 2.18 bits per heavy atom. The van der Waals surface area contributed by atoms with Crippen LogP contribution >= 0.6 is 42.6 Å². The summed E-state index contributed by atoms with van der Waals surface area (Å²) in [6.45, 7) is 10.2. The highest BCUT2D eigenvalue weighted by atomic mass is 35.5. The molecule has 3 atom stereocenters. The third kappa shape index (κ3) is 12.4. The van der Waals surface area contributed by atoms with Gasteiger partial charge in [0.25, 0.3) is 0 Å². The molecule has 8 nitrogen and oxygen atoms in total. The lowest BCUT2D eigenvalue weighted by molar-refractivity contribution is 0.171. The van der Waals surface area contributed by atoms with Crippen molar-refractivity contribution in [3.05, 3.63) is 99.0 Å². The molecule has 0 saturated carbocycles. The zero-order chi connectivity index (χ0) is 33.1. The van der Waals surface area contributed by atoms with Gasteiger partial charge in [0, 0.05) is 25.8 Å². The summed E-state index contributed by atoms with van der Waals surface area (Å²) in [6.07, 6.45) is -0.654. The molecule has 0 saturated heterocycles. The Balaban J connectivity index is 1.73. The van der Waals surface area contributed by atoms with Crippen molar-refractivity contribution in [1.29, 1.82) is 0 Å². The maximum absolute atomic E-state index is 12.4. The van der Waals surface area contributed by atoms with Crippen molar-refractivity contribution < 1.29 is 28.3 Å². The summed E-state index contributed by atoms with van der Waals surface area (Å²) < 4.78 is 28.4. The van der Waals surface area contributed by atoms with Gasteiger partial charge in [-0.15, -0.1) is 0 Å². The number of aliphatic imine (C=N–C) groups is 1. The van der Waals surface area contributed by atoms with Crippen molar-refractivity contribution in [3.63, 3.8) is 0 Å². The second kappa shape index (κ2) is 17.1. The standard InChI is InChI=1S/C33H39Cl2N2O6PS/c1-21(2)32(24(5)45-30-17-26(34)16-27(35)18-30)37-31(19-41-33(36)38)23(4)22(3)15-25-11-13-28(14-12-25)42-20-44(39,40)43-29-9-7-6-8-10-29/h6-14,16-18,21-23H,15,19-20H2,1-5H3,(H2,36,38)(H,39,40)/b32-24+,37-31?. The quantitative estimate of drug-likeness (QED) is 0.0924. The lowest BCUT2D eigenvalue weighted by Gasteiger charge is -2.23. The highest BCUT2D eigenvalue weighted by Gasteiger charge is 2.24. The van der Waals surface area contributed by atoms with Gasteiger partial charge in [0.15, 0.2) is 6.35 Å². The highest BCUT2D eigenvalue weighted by molar-refractivity contribution is 8.03. The number of nitrogens with zero attached hydrogens (tertiary/aromatic N) is 1. The molecule has 242 valence electrons. The number of ether oxygens (including phenoxy) is 2. The van der Waals surface area contributed by atoms with Crippen LogP contribution in [-0.2, 0) is 15.7 Å². The molecular weight excluding hydrogens is 654 g/mol. The predicted molar refractivity (Wildman–Crippen MR) is 184 cm³/mol. The minimum absolute atomic E-state index is 0.0307. The van der Waals surface area contributed by atoms with Crippen LogP contribution in [0.15, 0.2) is 93.3 Å². The van der Waals surface area contributed by atoms with Crippen molar-refractivity contribution in [2.24, 2.45) is 28.5 Å². The lowest BCUT2D eigenvalue weighted by Crippen LogP contribution is -2.28. The average Bonchev–Trinajstić information content (AvgIpc) is 2.96. The number of hydrogen-bond acceptors (Lipinski definition) is 7. The van der Waals surface area contributed by atoms with Gasteiger partial charge in [0.05, 0.1) is 11.4 Å². The fourth-order valence-electron chi connectivity index (χ4n) is 4.42. The third-order valence-corrected chi connectivity index (χ3v) is 9.26. The Morgan fingerprint density at radius 2 is 1.60 bits per heavy atom. The van der Waals surface area contributed by atoms with Crippen LogP contribution < -0.4 is 15.0 Å². The fraction of sp³-hybridized carbons (Fsp3) is 0.333. The van der Waals surface area contributed by atoms with Gasteiger partial charge in [0.2, 0.25) is 0 Å². The van der Waals surface area contributed by atoms with E-state index in [0.29, 0.717) is 33.7 Å². The van der Waals surface area contributed by atoms with Crippen molar-refractivity contribution in [2.45, 2.75) is 45.9 Å². The zero-order valence-corrected chi connectivity index (χ0v) is 29.1. The molecule has 3 aromatic rings. The summed E-state index contributed by atoms with van der Waals surface area (Å²) in [6, 6.07) is 21.1. The van der Waals surface area contributed by atoms with E-state index in [2.05, 4.69) is 20.8 Å². The number of allylic oxidation sites excluding steroid dienone is 2. The second-order valence-electron chi connectivity index (χ2n) is 10.9. The first-order chi connectivity index (χ1) is 21.2. The Morgan fingerprint density at radius 1 is 0.978 bits per heavy atom. The Hall–Kier alpha value is -2.94. The van der Waals surface area contributed by atoms with Crippen LogP contribution in [0, 0.1) is 17.8 Å². The van der Waals surface area contributed by atoms with Crippen LogP contribution in [-0.4, -0.2) is 29.7 Å². The van der Waals surface area contributed by atoms with Crippen molar-refractivity contribution in [1.82, 2.24) is 0 Å². The number of carbonyl (C=O) groups is 1. The molecule has 0 radical (unpaired) electrons. The number of nitrogens with two attached hydrogens (primary N) is 1. The first-order valence-electron chi connectivity index (χ1n) is 14.3. The van der Waals surface area contributed by atoms with E-state index in [-0.39, 0.29) is 24.4 Å². The van der Waals surface area contributed by atoms with Crippen LogP contribution in [0.1, 0.15) is 40.2 Å². The fourth-order valence-corrected chi connectivity index (χ4v) is 7.01. The summed E-state index contributed by atoms with van der Waals surface area (Å²) in [5.74, 6) is 0.867. The monoisotopic (exact) mass is 692 g/mol. The van der Waals surface area contributed by atoms with E-state index in [9.17, 15) is 14.3 Å². The molecule has 3 unspecified atom stereocenters. The number of hydrogen-bond donors (Lipinski definition) is 2. The molecular formula is C33H39Cl2N2O6PS. The van der Waals surface area contributed by atoms with Gasteiger partial charge < -0.3 is 24.6 Å². The maximum Gasteiger partial charge on any atom is 0.413 e. The lowest BCUT2D eigenvalue weighted by atomic mass is 9.86. The molecule has 0 aromatic heterocycles. The van der Waals surface area contributed by atoms with E-state index < -0.39 is 20.0 Å². The number of para-hydroxylation sites is 1. The molecule has 0 aliphatic carbocycles. The van der Waals surface area contributed by atoms with Crippen LogP contribution in [0.5, 0.6) is 11.5 Å². The predicted octanol–water partition coefficient (Wildman–Crippen LogP) is 9.62. The molecule has 0 heterocycles. The molecule has 0 fully saturated rings. The summed E-state index contributed by atoms with van der Waals surface area (Å²) in [7, 11) is -4.00. The molecule has 45 heavy (non-hydrogen) atoms. The van der Waals surface area contributed by atoms with Crippen molar-refractivity contribution in [2.75, 3.05) is 13.0 Å². The van der Waals surface area contributed by atoms with Gasteiger partial charge in [-0.3, -0.25) is 4.99 Å². The normalized spacial score (nSPS) is 15.1. The minimum atomic E-state index is -4.00. The zero-order valence-electron chi connectivity index (χ0n) is 25.9. The molecule has 3 aromatic carbocycles. The van der Waals surface area contributed by atoms with E-state index in [4.69, 9.17) is 47.9 Å². The number of thioether (sulfide) groups is 1. The summed E-state index contributed by atoms with van der Waals surface area (Å²) in [4.78, 5) is 28.6. The van der Waals surface area contributed by atoms with Gasteiger partial charge in [-0.05, 0) is 73.2 Å². The minimum Gasteiger partial charge on any atom is -0.480 e. The largest absolute Gasteiger partial charge is 0.480 e. The smallest absolute Gasteiger partial charge is 0.413 e. The molecule has 0 aliphatic heterocycles. The molecule has 0 spiro atoms. The topological polar surface area (TPSA) is 120 Å². The number of halogens is 2. The Kier molecular flexibility index (Phi) is 13.9. The SMILES string of the molecule is C/C(Sc1cc(Cl)cc(Cl)c1)=C(\N=C(COC(N)=O)C(C)C(C)Cc1ccc(OCP(=O)(O)Oc2ccccc2)cc1)C(C)C. The van der Waals surface area contributed by atoms with Crippen molar-refractivity contribution in [3.8, 4) is 11.5 Å². The number of benzene rings is 3. The Labute approximate surface area is 279 Å². The van der Waals surface area contributed by atoms with Gasteiger partial charge in [-0.2, -0.15) is 0 Å². The van der Waals surface area contributed by atoms with E-state index in [1.54, 1.807) is 48.5 Å². The van der Waals surface area contributed by atoms with Gasteiger partial charge in [0.1, 0.15) is 18.1 Å². The molecule has 0 aliphatic rings. The summed E-state index contributed by atoms with van der Waals surface area (Å²) in [5.41, 5.74) is 7.91. The average molecular weight is 694 g/mol. The molecule has 12 heteroatoms. The molecule has 3 rings (SSSR count). The molecule has 0 bridgehead atoms. The van der Waals surface area contributed by atoms with Crippen LogP contribution in [0.25, 0.3) is 0 Å². The summed E-state index contributed by atoms with van der Waals surface area (Å²) >= 11 is 13.9. The van der Waals surface area contributed by atoms with Gasteiger partial charge >= 0.3 is 13.7 Å². The number of carbonyl (C=O) groups excluding carboxylic acids is 1. The van der Waals surface area contributed by atoms with E-state index >= 15 is 0 Å². The first kappa shape index (κ1) is 36.5. The second-order valence-corrected chi connectivity index (χ2v) is 14.8. The molecule has 3 N–H and O–H groups in total. The van der Waals surface area contributed by atoms with Gasteiger partial charge in [-0.25, -0.2) is 9.36 Å². The highest BCUT2D eigenvalue weighted by Crippen LogP contribution is 2.42. The summed E-state index contributed by atoms with van der Waals surface area (Å²) in [5, 5.41) is 1.10. The van der Waals surface area contributed by atoms with E-state index in [1.807, 2.05) is 38.1 Å². The Bertz CT molecular complexity index is 1530. The molecule has 1 amide bonds. The number of amides is 1. The van der Waals surface area contributed by atoms with Crippen LogP contribution in [0.3, 0.4) is 0 Å². The van der Waals surface area contributed by atoms with E-state index in [1.165, 1.54) is 11.8 Å². The number of primary amides is 1. The third-order valence-electron chi connectivity index (χ3n) is 6.89. The maximum atomic E-state index is 12.4. The van der Waals surface area contributed by atoms with Crippen molar-refractivity contribution >= 4 is 54.4 Å². The van der Waals surface area contributed by atoms with Crippen LogP contribution in [0.4, 0.5) is 4.79 Å². The number of rotatable bonds is 15. The first-order valence-corrected chi connectivity index (χ1v) is 17.7. The van der Waals surface area contributed by atoms with Crippen LogP contribution in [0.2, 0.25) is 10.0 Å².